The summed E-state index contributed by atoms with van der Waals surface area (Å²) in [5.74, 6) is 6.01. The van der Waals surface area contributed by atoms with Crippen LogP contribution in [0.1, 0.15) is 61.4 Å². The van der Waals surface area contributed by atoms with Crippen molar-refractivity contribution in [3.05, 3.63) is 314 Å². The van der Waals surface area contributed by atoms with E-state index in [0.29, 0.717) is 119 Å². The van der Waals surface area contributed by atoms with Crippen molar-refractivity contribution in [1.29, 1.82) is 0 Å². The standard InChI is InChI=1S/C25H20N6O.C21H20N6O2.C21H20N6O.C21H18N6O/c32-25(26-16-17-9-3-1-4-10-17)21-15-22(31-30-21)28-24-19-13-7-8-14-20(19)27-23(29-24)18-11-5-2-6-12-18;1-29-12-11-22-21(28)17-13-18(27-26-17)24-20-15-9-5-6-10-16(15)23-19(25-20)14-7-3-2-4-8-14;1-13(2)22-21(28)17-12-18(27-26-17)24-20-15-10-6-7-11-16(15)23-19(25-20)14-8-4-3-5-9-14;1-2-12-22-21(28)17-13-18(27-26-17)24-20-15-10-6-7-11-16(15)23-19(25-20)14-8-4-3-5-9-14/h1-15H,16H2,(H,26,32)(H2,27,28,29,30,31);2-10,13H,11-12H2,1H3,(H,22,28)(H2,23,24,25,26,27);3-13H,1-2H3,(H,22,28)(H2,23,24,25,26,27);2-11,13H,1,12H2,(H,22,28)(H2,23,24,25,26,27). The molecule has 0 aliphatic carbocycles. The maximum atomic E-state index is 12.5. The molecule has 8 heterocycles. The van der Waals surface area contributed by atoms with Gasteiger partial charge in [0, 0.05) is 101 Å². The lowest BCUT2D eigenvalue weighted by molar-refractivity contribution is 0.0926. The molecule has 117 heavy (non-hydrogen) atoms. The van der Waals surface area contributed by atoms with E-state index in [1.807, 2.05) is 263 Å². The molecule has 29 heteroatoms. The van der Waals surface area contributed by atoms with Gasteiger partial charge in [-0.3, -0.25) is 39.6 Å². The molecule has 29 nitrogen and oxygen atoms in total. The molecule has 0 radical (unpaired) electrons. The number of anilines is 8. The summed E-state index contributed by atoms with van der Waals surface area (Å²) in [6.45, 7) is 9.10. The summed E-state index contributed by atoms with van der Waals surface area (Å²) in [4.78, 5) is 86.3. The number of hydrogen-bond acceptors (Lipinski definition) is 21. The second-order valence-corrected chi connectivity index (χ2v) is 26.3. The first-order valence-electron chi connectivity index (χ1n) is 37.2. The monoisotopic (exact) mass is 1550 g/mol. The molecule has 0 spiro atoms. The third kappa shape index (κ3) is 20.2. The molecule has 0 saturated heterocycles. The highest BCUT2D eigenvalue weighted by Gasteiger charge is 2.20. The van der Waals surface area contributed by atoms with Gasteiger partial charge < -0.3 is 47.3 Å². The highest BCUT2D eigenvalue weighted by atomic mass is 16.5. The van der Waals surface area contributed by atoms with Crippen molar-refractivity contribution in [1.82, 2.24) is 102 Å². The number of nitrogens with one attached hydrogen (secondary N) is 12. The van der Waals surface area contributed by atoms with Gasteiger partial charge in [0.05, 0.1) is 28.7 Å². The Morgan fingerprint density at radius 3 is 0.949 bits per heavy atom. The fraction of sp³-hybridized carbons (Fsp3) is 0.0909. The van der Waals surface area contributed by atoms with Gasteiger partial charge >= 0.3 is 0 Å². The molecule has 17 rings (SSSR count). The topological polar surface area (TPSA) is 392 Å². The van der Waals surface area contributed by atoms with E-state index in [-0.39, 0.29) is 29.7 Å². The van der Waals surface area contributed by atoms with Crippen molar-refractivity contribution in [3.63, 3.8) is 0 Å². The molecule has 0 unspecified atom stereocenters. The van der Waals surface area contributed by atoms with Gasteiger partial charge in [0.1, 0.15) is 46.0 Å². The van der Waals surface area contributed by atoms with Crippen LogP contribution in [0.15, 0.2) is 286 Å². The van der Waals surface area contributed by atoms with Gasteiger partial charge in [0.25, 0.3) is 23.6 Å². The van der Waals surface area contributed by atoms with Gasteiger partial charge in [-0.1, -0.05) is 206 Å². The number of aromatic amines is 4. The number of rotatable bonds is 24. The molecule has 9 aromatic carbocycles. The Balaban J connectivity index is 0.000000129. The number of aromatic nitrogens is 16. The first-order chi connectivity index (χ1) is 57.3. The predicted octanol–water partition coefficient (Wildman–Crippen LogP) is 15.4. The van der Waals surface area contributed by atoms with Crippen molar-refractivity contribution in [2.75, 3.05) is 48.1 Å². The summed E-state index contributed by atoms with van der Waals surface area (Å²) in [5.41, 5.74) is 9.45. The lowest BCUT2D eigenvalue weighted by Gasteiger charge is -2.09. The van der Waals surface area contributed by atoms with Crippen LogP contribution in [0.25, 0.3) is 89.2 Å². The molecule has 0 fully saturated rings. The molecule has 0 aliphatic rings. The maximum Gasteiger partial charge on any atom is 0.269 e. The van der Waals surface area contributed by atoms with E-state index in [9.17, 15) is 19.2 Å². The summed E-state index contributed by atoms with van der Waals surface area (Å²) >= 11 is 0. The fourth-order valence-corrected chi connectivity index (χ4v) is 11.9. The van der Waals surface area contributed by atoms with Crippen LogP contribution in [0.5, 0.6) is 0 Å². The van der Waals surface area contributed by atoms with Gasteiger partial charge in [-0.15, -0.1) is 6.58 Å². The van der Waals surface area contributed by atoms with Gasteiger partial charge in [-0.2, -0.15) is 20.4 Å². The number of hydrogen-bond donors (Lipinski definition) is 12. The highest BCUT2D eigenvalue weighted by Crippen LogP contribution is 2.32. The molecule has 580 valence electrons. The summed E-state index contributed by atoms with van der Waals surface area (Å²) in [5, 5.41) is 55.3. The number of benzene rings is 9. The lowest BCUT2D eigenvalue weighted by atomic mass is 10.2. The summed E-state index contributed by atoms with van der Waals surface area (Å²) < 4.78 is 4.93. The third-order valence-corrected chi connectivity index (χ3v) is 17.5. The number of para-hydroxylation sites is 4. The minimum Gasteiger partial charge on any atom is -0.383 e. The van der Waals surface area contributed by atoms with E-state index in [0.717, 1.165) is 71.4 Å². The van der Waals surface area contributed by atoms with Gasteiger partial charge in [0.2, 0.25) is 0 Å². The van der Waals surface area contributed by atoms with Crippen LogP contribution in [0.4, 0.5) is 46.5 Å². The first kappa shape index (κ1) is 77.7. The van der Waals surface area contributed by atoms with Crippen LogP contribution in [0, 0.1) is 0 Å². The summed E-state index contributed by atoms with van der Waals surface area (Å²) in [6, 6.07) is 86.6. The molecule has 17 aromatic rings. The van der Waals surface area contributed by atoms with Crippen LogP contribution >= 0.6 is 0 Å². The smallest absolute Gasteiger partial charge is 0.269 e. The van der Waals surface area contributed by atoms with E-state index >= 15 is 0 Å². The molecule has 0 aliphatic heterocycles. The first-order valence-corrected chi connectivity index (χ1v) is 37.2. The van der Waals surface area contributed by atoms with Crippen LogP contribution in [-0.4, -0.2) is 137 Å². The zero-order valence-electron chi connectivity index (χ0n) is 63.6. The molecule has 4 amide bonds. The van der Waals surface area contributed by atoms with Gasteiger partial charge in [-0.25, -0.2) is 39.9 Å². The molecular weight excluding hydrogens is 1470 g/mol. The van der Waals surface area contributed by atoms with E-state index in [4.69, 9.17) is 19.7 Å². The normalized spacial score (nSPS) is 10.8. The number of carbonyl (C=O) groups excluding carboxylic acids is 4. The second kappa shape index (κ2) is 37.8. The summed E-state index contributed by atoms with van der Waals surface area (Å²) in [7, 11) is 1.58. The minimum absolute atomic E-state index is 0.0476. The van der Waals surface area contributed by atoms with Crippen molar-refractivity contribution in [2.45, 2.75) is 26.4 Å². The third-order valence-electron chi connectivity index (χ3n) is 17.5. The Hall–Kier alpha value is -16.0. The fourth-order valence-electron chi connectivity index (χ4n) is 11.9. The van der Waals surface area contributed by atoms with Crippen molar-refractivity contribution in [3.8, 4) is 45.6 Å². The molecule has 0 bridgehead atoms. The molecular formula is C88H78N24O5. The number of amides is 4. The van der Waals surface area contributed by atoms with E-state index < -0.39 is 0 Å². The summed E-state index contributed by atoms with van der Waals surface area (Å²) in [6.07, 6.45) is 1.62. The number of nitrogens with zero attached hydrogens (tertiary/aromatic N) is 12. The molecule has 0 saturated carbocycles. The van der Waals surface area contributed by atoms with Gasteiger partial charge in [-0.05, 0) is 67.9 Å². The Labute approximate surface area is 670 Å². The van der Waals surface area contributed by atoms with Crippen LogP contribution in [0.3, 0.4) is 0 Å². The second-order valence-electron chi connectivity index (χ2n) is 26.3. The lowest BCUT2D eigenvalue weighted by Crippen LogP contribution is -2.30. The minimum atomic E-state index is -0.252. The maximum absolute atomic E-state index is 12.5. The number of H-pyrrole nitrogens is 4. The van der Waals surface area contributed by atoms with Crippen molar-refractivity contribution >= 4 is 114 Å². The van der Waals surface area contributed by atoms with Crippen molar-refractivity contribution < 1.29 is 23.9 Å². The zero-order chi connectivity index (χ0) is 80.7. The molecule has 8 aromatic heterocycles. The van der Waals surface area contributed by atoms with E-state index in [1.54, 1.807) is 37.5 Å². The van der Waals surface area contributed by atoms with Crippen LogP contribution in [0.2, 0.25) is 0 Å². The Kier molecular flexibility index (Phi) is 25.1. The van der Waals surface area contributed by atoms with Gasteiger partial charge in [0.15, 0.2) is 46.6 Å². The van der Waals surface area contributed by atoms with E-state index in [1.165, 1.54) is 0 Å². The average molecular weight is 1550 g/mol. The number of carbonyl (C=O) groups is 4. The van der Waals surface area contributed by atoms with Crippen molar-refractivity contribution in [2.24, 2.45) is 0 Å². The predicted molar refractivity (Wildman–Crippen MR) is 454 cm³/mol. The number of ether oxygens (including phenoxy) is 1. The van der Waals surface area contributed by atoms with Crippen LogP contribution < -0.4 is 42.5 Å². The Morgan fingerprint density at radius 2 is 0.641 bits per heavy atom. The Morgan fingerprint density at radius 1 is 0.359 bits per heavy atom. The average Bonchev–Trinajstić information content (AvgIpc) is 1.000. The number of fused-ring (bicyclic) bond motifs is 4. The largest absolute Gasteiger partial charge is 0.383 e. The zero-order valence-corrected chi connectivity index (χ0v) is 63.6. The quantitative estimate of drug-likeness (QED) is 0.0197. The SMILES string of the molecule is C=CCNC(=O)c1cc(Nc2nc(-c3ccccc3)nc3ccccc23)n[nH]1.CC(C)NC(=O)c1cc(Nc2nc(-c3ccccc3)nc3ccccc23)n[nH]1.COCCNC(=O)c1cc(Nc2nc(-c3ccccc3)nc3ccccc23)n[nH]1.O=C(NCc1ccccc1)c1cc(Nc2nc(-c3ccccc3)nc3ccccc23)n[nH]1. The van der Waals surface area contributed by atoms with E-state index in [2.05, 4.69) is 115 Å². The van der Waals surface area contributed by atoms with Crippen LogP contribution in [-0.2, 0) is 11.3 Å². The molecule has 0 atom stereocenters. The number of methoxy groups -OCH3 is 1. The molecule has 12 N–H and O–H groups in total. The highest BCUT2D eigenvalue weighted by molar-refractivity contribution is 5.99. The Bertz CT molecular complexity index is 6260.